The number of benzene rings is 1. The van der Waals surface area contributed by atoms with Crippen molar-refractivity contribution in [2.24, 2.45) is 0 Å². The molecule has 0 unspecified atom stereocenters. The minimum atomic E-state index is -0.432. The van der Waals surface area contributed by atoms with Crippen molar-refractivity contribution in [3.63, 3.8) is 0 Å². The van der Waals surface area contributed by atoms with Crippen LogP contribution in [0.25, 0.3) is 11.0 Å². The Morgan fingerprint density at radius 2 is 2.07 bits per heavy atom. The second-order valence-electron chi connectivity index (χ2n) is 6.21. The Morgan fingerprint density at radius 3 is 2.81 bits per heavy atom. The topological polar surface area (TPSA) is 71.8 Å². The molecule has 0 spiro atoms. The lowest BCUT2D eigenvalue weighted by Gasteiger charge is -2.22. The fourth-order valence-corrected chi connectivity index (χ4v) is 3.52. The third-order valence-electron chi connectivity index (χ3n) is 4.32. The molecule has 0 saturated heterocycles. The van der Waals surface area contributed by atoms with Crippen LogP contribution in [-0.4, -0.2) is 37.0 Å². The van der Waals surface area contributed by atoms with E-state index < -0.39 is 5.97 Å². The molecule has 0 aliphatic carbocycles. The number of ether oxygens (including phenoxy) is 1. The number of anilines is 1. The molecule has 1 N–H and O–H groups in total. The molecule has 1 amide bonds. The quantitative estimate of drug-likeness (QED) is 0.613. The van der Waals surface area contributed by atoms with E-state index in [1.54, 1.807) is 18.4 Å². The van der Waals surface area contributed by atoms with Crippen LogP contribution in [0.15, 0.2) is 46.2 Å². The van der Waals surface area contributed by atoms with E-state index >= 15 is 0 Å². The molecule has 0 saturated carbocycles. The molecular formula is C20H22N2O4S. The number of nitrogens with one attached hydrogen (secondary N) is 1. The molecule has 6 nitrogen and oxygen atoms in total. The molecule has 142 valence electrons. The fourth-order valence-electron chi connectivity index (χ4n) is 2.73. The first kappa shape index (κ1) is 19.1. The number of nitrogens with zero attached hydrogens (tertiary/aromatic N) is 1. The van der Waals surface area contributed by atoms with E-state index in [4.69, 9.17) is 9.15 Å². The largest absolute Gasteiger partial charge is 0.462 e. The highest BCUT2D eigenvalue weighted by Gasteiger charge is 2.20. The Kier molecular flexibility index (Phi) is 5.93. The van der Waals surface area contributed by atoms with E-state index in [0.717, 1.165) is 16.7 Å². The Labute approximate surface area is 161 Å². The average molecular weight is 386 g/mol. The maximum absolute atomic E-state index is 12.4. The molecule has 0 bridgehead atoms. The van der Waals surface area contributed by atoms with Gasteiger partial charge in [-0.2, -0.15) is 0 Å². The maximum Gasteiger partial charge on any atom is 0.341 e. The SMILES string of the molecule is CCOC(=O)c1ccsc1NC(=O)CN(C)[C@H](C)c1cc2ccccc2o1. The van der Waals surface area contributed by atoms with Crippen LogP contribution in [0, 0.1) is 0 Å². The van der Waals surface area contributed by atoms with Gasteiger partial charge in [0.2, 0.25) is 5.91 Å². The van der Waals surface area contributed by atoms with Crippen LogP contribution in [0.2, 0.25) is 0 Å². The van der Waals surface area contributed by atoms with Gasteiger partial charge in [-0.3, -0.25) is 9.69 Å². The van der Waals surface area contributed by atoms with E-state index in [1.807, 2.05) is 49.2 Å². The number of para-hydroxylation sites is 1. The number of fused-ring (bicyclic) bond motifs is 1. The van der Waals surface area contributed by atoms with Crippen LogP contribution in [0.5, 0.6) is 0 Å². The first-order valence-electron chi connectivity index (χ1n) is 8.72. The van der Waals surface area contributed by atoms with Gasteiger partial charge in [0.15, 0.2) is 0 Å². The van der Waals surface area contributed by atoms with E-state index in [0.29, 0.717) is 17.2 Å². The second kappa shape index (κ2) is 8.37. The Morgan fingerprint density at radius 1 is 1.30 bits per heavy atom. The zero-order chi connectivity index (χ0) is 19.4. The summed E-state index contributed by atoms with van der Waals surface area (Å²) in [7, 11) is 1.86. The summed E-state index contributed by atoms with van der Waals surface area (Å²) in [6.07, 6.45) is 0. The summed E-state index contributed by atoms with van der Waals surface area (Å²) in [5.41, 5.74) is 1.21. The maximum atomic E-state index is 12.4. The van der Waals surface area contributed by atoms with Crippen molar-refractivity contribution in [2.45, 2.75) is 19.9 Å². The first-order valence-corrected chi connectivity index (χ1v) is 9.60. The highest BCUT2D eigenvalue weighted by atomic mass is 32.1. The molecule has 7 heteroatoms. The van der Waals surface area contributed by atoms with Crippen LogP contribution in [-0.2, 0) is 9.53 Å². The van der Waals surface area contributed by atoms with E-state index in [2.05, 4.69) is 5.32 Å². The molecule has 1 atom stereocenters. The van der Waals surface area contributed by atoms with E-state index in [1.165, 1.54) is 11.3 Å². The van der Waals surface area contributed by atoms with Crippen LogP contribution < -0.4 is 5.32 Å². The lowest BCUT2D eigenvalue weighted by atomic mass is 10.2. The molecule has 27 heavy (non-hydrogen) atoms. The highest BCUT2D eigenvalue weighted by molar-refractivity contribution is 7.14. The standard InChI is InChI=1S/C20H22N2O4S/c1-4-25-20(24)15-9-10-27-19(15)21-18(23)12-22(3)13(2)17-11-14-7-5-6-8-16(14)26-17/h5-11,13H,4,12H2,1-3H3,(H,21,23)/t13-/m1/s1. The summed E-state index contributed by atoms with van der Waals surface area (Å²) in [6.45, 7) is 4.19. The minimum Gasteiger partial charge on any atom is -0.462 e. The van der Waals surface area contributed by atoms with Gasteiger partial charge in [-0.1, -0.05) is 18.2 Å². The zero-order valence-electron chi connectivity index (χ0n) is 15.5. The Hall–Kier alpha value is -2.64. The van der Waals surface area contributed by atoms with Crippen molar-refractivity contribution < 1.29 is 18.7 Å². The number of amides is 1. The summed E-state index contributed by atoms with van der Waals surface area (Å²) in [5, 5.41) is 6.09. The van der Waals surface area contributed by atoms with Gasteiger partial charge in [0.05, 0.1) is 24.8 Å². The van der Waals surface area contributed by atoms with Gasteiger partial charge >= 0.3 is 5.97 Å². The van der Waals surface area contributed by atoms with Gasteiger partial charge in [0.25, 0.3) is 0 Å². The number of carbonyl (C=O) groups excluding carboxylic acids is 2. The van der Waals surface area contributed by atoms with E-state index in [9.17, 15) is 9.59 Å². The average Bonchev–Trinajstić information content (AvgIpc) is 3.27. The number of likely N-dealkylation sites (N-methyl/N-ethyl adjacent to an activating group) is 1. The van der Waals surface area contributed by atoms with Crippen molar-refractivity contribution in [1.82, 2.24) is 4.90 Å². The number of carbonyl (C=O) groups is 2. The Balaban J connectivity index is 1.63. The second-order valence-corrected chi connectivity index (χ2v) is 7.13. The van der Waals surface area contributed by atoms with Crippen molar-refractivity contribution in [1.29, 1.82) is 0 Å². The van der Waals surface area contributed by atoms with Crippen LogP contribution in [0.1, 0.15) is 36.0 Å². The van der Waals surface area contributed by atoms with Gasteiger partial charge in [-0.15, -0.1) is 11.3 Å². The first-order chi connectivity index (χ1) is 13.0. The minimum absolute atomic E-state index is 0.0731. The molecule has 2 heterocycles. The molecule has 2 aromatic heterocycles. The third-order valence-corrected chi connectivity index (χ3v) is 5.15. The molecule has 0 fully saturated rings. The molecule has 3 aromatic rings. The summed E-state index contributed by atoms with van der Waals surface area (Å²) >= 11 is 1.30. The van der Waals surface area contributed by atoms with Crippen molar-refractivity contribution in [3.05, 3.63) is 53.1 Å². The van der Waals surface area contributed by atoms with Gasteiger partial charge in [0.1, 0.15) is 16.3 Å². The van der Waals surface area contributed by atoms with Crippen molar-refractivity contribution in [3.8, 4) is 0 Å². The summed E-state index contributed by atoms with van der Waals surface area (Å²) in [4.78, 5) is 26.2. The summed E-state index contributed by atoms with van der Waals surface area (Å²) in [5.74, 6) is 0.168. The fraction of sp³-hybridized carbons (Fsp3) is 0.300. The number of furan rings is 1. The molecule has 0 aliphatic rings. The van der Waals surface area contributed by atoms with Crippen LogP contribution in [0.3, 0.4) is 0 Å². The number of hydrogen-bond donors (Lipinski definition) is 1. The van der Waals surface area contributed by atoms with Gasteiger partial charge in [-0.25, -0.2) is 4.79 Å². The van der Waals surface area contributed by atoms with Crippen LogP contribution in [0.4, 0.5) is 5.00 Å². The molecule has 0 radical (unpaired) electrons. The number of rotatable bonds is 7. The van der Waals surface area contributed by atoms with Crippen molar-refractivity contribution >= 4 is 39.2 Å². The Bertz CT molecular complexity index is 913. The summed E-state index contributed by atoms with van der Waals surface area (Å²) < 4.78 is 10.9. The van der Waals surface area contributed by atoms with E-state index in [-0.39, 0.29) is 18.5 Å². The normalized spacial score (nSPS) is 12.3. The number of hydrogen-bond acceptors (Lipinski definition) is 6. The smallest absolute Gasteiger partial charge is 0.341 e. The molecular weight excluding hydrogens is 364 g/mol. The monoisotopic (exact) mass is 386 g/mol. The number of thiophene rings is 1. The predicted octanol–water partition coefficient (Wildman–Crippen LogP) is 4.30. The summed E-state index contributed by atoms with van der Waals surface area (Å²) in [6, 6.07) is 11.4. The van der Waals surface area contributed by atoms with Gasteiger partial charge in [-0.05, 0) is 44.5 Å². The van der Waals surface area contributed by atoms with Crippen LogP contribution >= 0.6 is 11.3 Å². The highest BCUT2D eigenvalue weighted by Crippen LogP contribution is 2.27. The lowest BCUT2D eigenvalue weighted by Crippen LogP contribution is -2.32. The lowest BCUT2D eigenvalue weighted by molar-refractivity contribution is -0.117. The molecule has 0 aliphatic heterocycles. The molecule has 3 rings (SSSR count). The zero-order valence-corrected chi connectivity index (χ0v) is 16.3. The van der Waals surface area contributed by atoms with Gasteiger partial charge in [0, 0.05) is 5.39 Å². The number of esters is 1. The van der Waals surface area contributed by atoms with Crippen molar-refractivity contribution in [2.75, 3.05) is 25.5 Å². The predicted molar refractivity (Wildman–Crippen MR) is 106 cm³/mol. The molecule has 1 aromatic carbocycles. The van der Waals surface area contributed by atoms with Gasteiger partial charge < -0.3 is 14.5 Å². The third kappa shape index (κ3) is 4.37.